The van der Waals surface area contributed by atoms with E-state index in [1.54, 1.807) is 4.68 Å². The maximum absolute atomic E-state index is 13.0. The van der Waals surface area contributed by atoms with Crippen LogP contribution in [0.3, 0.4) is 0 Å². The first-order chi connectivity index (χ1) is 14.0. The van der Waals surface area contributed by atoms with Gasteiger partial charge in [-0.15, -0.1) is 0 Å². The number of hydrogen-bond donors (Lipinski definition) is 2. The summed E-state index contributed by atoms with van der Waals surface area (Å²) in [6.45, 7) is 1.39. The third-order valence-electron chi connectivity index (χ3n) is 6.04. The van der Waals surface area contributed by atoms with E-state index in [1.807, 2.05) is 42.3 Å². The lowest BCUT2D eigenvalue weighted by Gasteiger charge is -2.30. The van der Waals surface area contributed by atoms with Crippen molar-refractivity contribution in [1.29, 1.82) is 0 Å². The normalized spacial score (nSPS) is 17.3. The monoisotopic (exact) mass is 387 g/mol. The van der Waals surface area contributed by atoms with Crippen molar-refractivity contribution in [3.63, 3.8) is 0 Å². The molecule has 0 saturated carbocycles. The van der Waals surface area contributed by atoms with Gasteiger partial charge in [0.25, 0.3) is 5.91 Å². The molecule has 2 aromatic carbocycles. The van der Waals surface area contributed by atoms with Crippen LogP contribution in [0.15, 0.2) is 54.6 Å². The molecule has 1 aliphatic rings. The van der Waals surface area contributed by atoms with Gasteiger partial charge in [0.15, 0.2) is 0 Å². The molecule has 0 bridgehead atoms. The Morgan fingerprint density at radius 2 is 1.79 bits per heavy atom. The van der Waals surface area contributed by atoms with Crippen LogP contribution in [0.4, 0.5) is 0 Å². The Balaban J connectivity index is 1.56. The summed E-state index contributed by atoms with van der Waals surface area (Å²) in [6, 6.07) is 18.3. The second-order valence-corrected chi connectivity index (χ2v) is 7.97. The summed E-state index contributed by atoms with van der Waals surface area (Å²) in [5.74, 6) is 6.48. The lowest BCUT2D eigenvalue weighted by Crippen LogP contribution is -2.45. The van der Waals surface area contributed by atoms with Gasteiger partial charge in [-0.25, -0.2) is 0 Å². The van der Waals surface area contributed by atoms with Crippen molar-refractivity contribution in [3.05, 3.63) is 60.2 Å². The topological polar surface area (TPSA) is 82.2 Å². The second-order valence-electron chi connectivity index (χ2n) is 7.97. The molecule has 0 aliphatic carbocycles. The average molecular weight is 387 g/mol. The fourth-order valence-corrected chi connectivity index (χ4v) is 4.48. The number of carbonyl (C=O) groups is 1. The Morgan fingerprint density at radius 3 is 2.59 bits per heavy atom. The number of nitrogens with zero attached hydrogens (tertiary/aromatic N) is 3. The number of amides is 1. The van der Waals surface area contributed by atoms with E-state index in [0.29, 0.717) is 12.1 Å². The lowest BCUT2D eigenvalue weighted by molar-refractivity contribution is 0.0709. The maximum Gasteiger partial charge on any atom is 0.253 e. The summed E-state index contributed by atoms with van der Waals surface area (Å²) < 4.78 is 3.85. The van der Waals surface area contributed by atoms with Crippen molar-refractivity contribution in [2.75, 3.05) is 18.9 Å². The van der Waals surface area contributed by atoms with Crippen LogP contribution in [0, 0.1) is 0 Å². The third kappa shape index (κ3) is 2.87. The average Bonchev–Trinajstić information content (AvgIpc) is 3.24. The highest BCUT2D eigenvalue weighted by Crippen LogP contribution is 2.31. The van der Waals surface area contributed by atoms with Gasteiger partial charge < -0.3 is 21.0 Å². The number of rotatable bonds is 2. The zero-order valence-corrected chi connectivity index (χ0v) is 16.5. The van der Waals surface area contributed by atoms with Crippen LogP contribution in [0.2, 0.25) is 0 Å². The maximum atomic E-state index is 13.0. The highest BCUT2D eigenvalue weighted by Gasteiger charge is 2.23. The van der Waals surface area contributed by atoms with Gasteiger partial charge in [-0.05, 0) is 49.2 Å². The Kier molecular flexibility index (Phi) is 4.10. The van der Waals surface area contributed by atoms with E-state index < -0.39 is 0 Å². The number of aromatic nitrogens is 2. The van der Waals surface area contributed by atoms with Gasteiger partial charge in [0.1, 0.15) is 0 Å². The number of likely N-dealkylation sites (tertiary alicyclic amines) is 1. The van der Waals surface area contributed by atoms with Crippen LogP contribution >= 0.6 is 0 Å². The largest absolute Gasteiger partial charge is 0.342 e. The molecule has 4 N–H and O–H groups in total. The SMILES string of the molecule is Cn1c(-c2cc3cc(C(=O)N4CCCC(N)C4)ccc3n2N)cc2ccccc21. The Bertz CT molecular complexity index is 1240. The van der Waals surface area contributed by atoms with Crippen LogP contribution in [0.5, 0.6) is 0 Å². The summed E-state index contributed by atoms with van der Waals surface area (Å²) in [5.41, 5.74) is 10.7. The Morgan fingerprint density at radius 1 is 1.00 bits per heavy atom. The summed E-state index contributed by atoms with van der Waals surface area (Å²) in [6.07, 6.45) is 1.94. The fourth-order valence-electron chi connectivity index (χ4n) is 4.48. The van der Waals surface area contributed by atoms with E-state index in [2.05, 4.69) is 28.8 Å². The predicted molar refractivity (Wildman–Crippen MR) is 117 cm³/mol. The van der Waals surface area contributed by atoms with Crippen molar-refractivity contribution in [2.24, 2.45) is 12.8 Å². The zero-order chi connectivity index (χ0) is 20.1. The van der Waals surface area contributed by atoms with Crippen LogP contribution in [-0.4, -0.2) is 39.2 Å². The summed E-state index contributed by atoms with van der Waals surface area (Å²) in [4.78, 5) is 14.8. The van der Waals surface area contributed by atoms with E-state index in [9.17, 15) is 4.79 Å². The minimum atomic E-state index is 0.0398. The summed E-state index contributed by atoms with van der Waals surface area (Å²) in [7, 11) is 2.05. The van der Waals surface area contributed by atoms with Crippen LogP contribution < -0.4 is 11.6 Å². The van der Waals surface area contributed by atoms with E-state index in [4.69, 9.17) is 11.6 Å². The Hall–Kier alpha value is -3.25. The molecule has 1 fully saturated rings. The van der Waals surface area contributed by atoms with Crippen LogP contribution in [0.25, 0.3) is 33.2 Å². The number of piperidine rings is 1. The molecule has 1 aliphatic heterocycles. The molecule has 29 heavy (non-hydrogen) atoms. The first-order valence-corrected chi connectivity index (χ1v) is 10.0. The van der Waals surface area contributed by atoms with Gasteiger partial charge in [-0.1, -0.05) is 18.2 Å². The standard InChI is InChI=1S/C23H25N5O/c1-26-19-7-3-2-5-15(19)12-21(26)22-13-17-11-16(8-9-20(17)28(22)25)23(29)27-10-4-6-18(24)14-27/h2-3,5,7-9,11-13,18H,4,6,10,14,24-25H2,1H3. The number of para-hydroxylation sites is 1. The quantitative estimate of drug-likeness (QED) is 0.519. The van der Waals surface area contributed by atoms with Crippen molar-refractivity contribution in [2.45, 2.75) is 18.9 Å². The minimum absolute atomic E-state index is 0.0398. The van der Waals surface area contributed by atoms with Crippen molar-refractivity contribution in [1.82, 2.24) is 14.1 Å². The molecule has 1 amide bonds. The summed E-state index contributed by atoms with van der Waals surface area (Å²) >= 11 is 0. The Labute approximate surface area is 169 Å². The summed E-state index contributed by atoms with van der Waals surface area (Å²) in [5, 5.41) is 2.13. The number of nitrogen functional groups attached to an aromatic ring is 1. The number of hydrogen-bond acceptors (Lipinski definition) is 3. The number of carbonyl (C=O) groups excluding carboxylic acids is 1. The van der Waals surface area contributed by atoms with E-state index in [-0.39, 0.29) is 11.9 Å². The van der Waals surface area contributed by atoms with Crippen LogP contribution in [-0.2, 0) is 7.05 Å². The first kappa shape index (κ1) is 17.8. The highest BCUT2D eigenvalue weighted by molar-refractivity contribution is 5.99. The zero-order valence-electron chi connectivity index (χ0n) is 16.5. The lowest BCUT2D eigenvalue weighted by atomic mass is 10.0. The number of fused-ring (bicyclic) bond motifs is 2. The molecule has 0 radical (unpaired) electrons. The minimum Gasteiger partial charge on any atom is -0.342 e. The molecule has 1 atom stereocenters. The molecule has 2 aromatic heterocycles. The van der Waals surface area contributed by atoms with Gasteiger partial charge in [-0.3, -0.25) is 9.47 Å². The fraction of sp³-hybridized carbons (Fsp3) is 0.261. The highest BCUT2D eigenvalue weighted by atomic mass is 16.2. The molecule has 6 nitrogen and oxygen atoms in total. The van der Waals surface area contributed by atoms with E-state index in [1.165, 1.54) is 5.39 Å². The molecule has 3 heterocycles. The molecule has 1 unspecified atom stereocenters. The predicted octanol–water partition coefficient (Wildman–Crippen LogP) is 3.08. The van der Waals surface area contributed by atoms with E-state index >= 15 is 0 Å². The smallest absolute Gasteiger partial charge is 0.253 e. The van der Waals surface area contributed by atoms with Gasteiger partial charge in [0, 0.05) is 48.0 Å². The van der Waals surface area contributed by atoms with Gasteiger partial charge in [-0.2, -0.15) is 0 Å². The molecule has 6 heteroatoms. The van der Waals surface area contributed by atoms with Crippen LogP contribution in [0.1, 0.15) is 23.2 Å². The van der Waals surface area contributed by atoms with Gasteiger partial charge in [0.05, 0.1) is 16.9 Å². The number of nitrogens with two attached hydrogens (primary N) is 2. The number of aryl methyl sites for hydroxylation is 1. The second kappa shape index (κ2) is 6.67. The van der Waals surface area contributed by atoms with Gasteiger partial charge in [0.2, 0.25) is 0 Å². The molecule has 148 valence electrons. The van der Waals surface area contributed by atoms with E-state index in [0.717, 1.165) is 47.2 Å². The van der Waals surface area contributed by atoms with Crippen molar-refractivity contribution in [3.8, 4) is 11.4 Å². The number of benzene rings is 2. The van der Waals surface area contributed by atoms with Crippen molar-refractivity contribution >= 4 is 27.7 Å². The molecule has 5 rings (SSSR count). The molecule has 1 saturated heterocycles. The van der Waals surface area contributed by atoms with Crippen molar-refractivity contribution < 1.29 is 4.79 Å². The third-order valence-corrected chi connectivity index (χ3v) is 6.04. The molecule has 4 aromatic rings. The molecular formula is C23H25N5O. The molecular weight excluding hydrogens is 362 g/mol. The van der Waals surface area contributed by atoms with Gasteiger partial charge >= 0.3 is 0 Å². The molecule has 0 spiro atoms. The first-order valence-electron chi connectivity index (χ1n) is 10.0.